The zero-order valence-corrected chi connectivity index (χ0v) is 14.0. The maximum absolute atomic E-state index is 12.6. The van der Waals surface area contributed by atoms with Crippen LogP contribution in [0.1, 0.15) is 0 Å². The van der Waals surface area contributed by atoms with Crippen LogP contribution in [0.15, 0.2) is 58.1 Å². The number of hydrogen-bond acceptors (Lipinski definition) is 10. The fourth-order valence-electron chi connectivity index (χ4n) is 1.67. The number of allylic oxidation sites excluding steroid dienone is 2. The number of methoxy groups -OCH3 is 2. The van der Waals surface area contributed by atoms with E-state index in [0.29, 0.717) is 0 Å². The minimum Gasteiger partial charge on any atom is -0.466 e. The Morgan fingerprint density at radius 3 is 1.68 bits per heavy atom. The first-order valence-electron chi connectivity index (χ1n) is 6.74. The quantitative estimate of drug-likeness (QED) is 0.491. The minimum absolute atomic E-state index is 0.178. The van der Waals surface area contributed by atoms with Crippen LogP contribution in [0, 0.1) is 0 Å². The molecule has 2 heterocycles. The molecule has 2 N–H and O–H groups in total. The van der Waals surface area contributed by atoms with Crippen molar-refractivity contribution in [3.63, 3.8) is 0 Å². The van der Waals surface area contributed by atoms with E-state index < -0.39 is 32.1 Å². The Kier molecular flexibility index (Phi) is 5.49. The van der Waals surface area contributed by atoms with Gasteiger partial charge in [0.15, 0.2) is 0 Å². The highest BCUT2D eigenvalue weighted by atomic mass is 32.2. The lowest BCUT2D eigenvalue weighted by Crippen LogP contribution is -2.42. The molecule has 10 nitrogen and oxygen atoms in total. The summed E-state index contributed by atoms with van der Waals surface area (Å²) in [5.74, 6) is -1.32. The van der Waals surface area contributed by atoms with Gasteiger partial charge >= 0.3 is 11.9 Å². The van der Waals surface area contributed by atoms with Crippen molar-refractivity contribution >= 4 is 32.1 Å². The van der Waals surface area contributed by atoms with Gasteiger partial charge in [-0.1, -0.05) is 0 Å². The summed E-state index contributed by atoms with van der Waals surface area (Å²) in [6.07, 6.45) is 7.35. The van der Waals surface area contributed by atoms with Crippen LogP contribution in [0.4, 0.5) is 0 Å². The summed E-state index contributed by atoms with van der Waals surface area (Å²) < 4.78 is 34.2. The van der Waals surface area contributed by atoms with Crippen LogP contribution in [0.5, 0.6) is 0 Å². The van der Waals surface area contributed by atoms with E-state index in [1.165, 1.54) is 38.8 Å². The van der Waals surface area contributed by atoms with Gasteiger partial charge in [0.25, 0.3) is 9.84 Å². The van der Waals surface area contributed by atoms with Crippen LogP contribution in [-0.4, -0.2) is 44.9 Å². The third kappa shape index (κ3) is 4.41. The van der Waals surface area contributed by atoms with E-state index in [9.17, 15) is 18.0 Å². The standard InChI is InChI=1S/C14H14N4O6S/c1-23-11(19)7-9-3-5-15-13(17-9)25(21,22)14-16-6-4-10(18-14)8-12(20)24-2/h3-8H,1-2H3,(H,15,17)(H,16,18). The largest absolute Gasteiger partial charge is 0.466 e. The van der Waals surface area contributed by atoms with E-state index in [-0.39, 0.29) is 11.4 Å². The molecule has 0 radical (unpaired) electrons. The van der Waals surface area contributed by atoms with Crippen LogP contribution >= 0.6 is 0 Å². The van der Waals surface area contributed by atoms with Crippen molar-refractivity contribution in [3.8, 4) is 0 Å². The molecule has 0 aromatic heterocycles. The summed E-state index contributed by atoms with van der Waals surface area (Å²) in [4.78, 5) is 30.0. The fraction of sp³-hybridized carbons (Fsp3) is 0.143. The lowest BCUT2D eigenvalue weighted by atomic mass is 10.3. The molecule has 2 rings (SSSR count). The topological polar surface area (TPSA) is 136 Å². The molecule has 2 aliphatic heterocycles. The predicted molar refractivity (Wildman–Crippen MR) is 88.5 cm³/mol. The maximum Gasteiger partial charge on any atom is 0.332 e. The molecule has 0 bridgehead atoms. The van der Waals surface area contributed by atoms with Crippen LogP contribution < -0.4 is 10.6 Å². The van der Waals surface area contributed by atoms with Crippen LogP contribution in [0.2, 0.25) is 0 Å². The molecular weight excluding hydrogens is 352 g/mol. The van der Waals surface area contributed by atoms with Crippen molar-refractivity contribution in [2.75, 3.05) is 14.2 Å². The highest BCUT2D eigenvalue weighted by Gasteiger charge is 2.30. The van der Waals surface area contributed by atoms with Crippen LogP contribution in [0.25, 0.3) is 0 Å². The third-order valence-electron chi connectivity index (χ3n) is 2.85. The lowest BCUT2D eigenvalue weighted by molar-refractivity contribution is -0.135. The average Bonchev–Trinajstić information content (AvgIpc) is 2.62. The van der Waals surface area contributed by atoms with Gasteiger partial charge in [0.05, 0.1) is 14.2 Å². The van der Waals surface area contributed by atoms with Gasteiger partial charge in [0.1, 0.15) is 0 Å². The summed E-state index contributed by atoms with van der Waals surface area (Å²) in [6.45, 7) is 0. The Labute approximate surface area is 143 Å². The van der Waals surface area contributed by atoms with Crippen molar-refractivity contribution in [3.05, 3.63) is 48.1 Å². The average molecular weight is 366 g/mol. The number of nitrogens with one attached hydrogen (secondary N) is 2. The van der Waals surface area contributed by atoms with Gasteiger partial charge in [0, 0.05) is 35.9 Å². The monoisotopic (exact) mass is 366 g/mol. The highest BCUT2D eigenvalue weighted by Crippen LogP contribution is 2.10. The number of hydrogen-bond donors (Lipinski definition) is 2. The van der Waals surface area contributed by atoms with E-state index >= 15 is 0 Å². The summed E-state index contributed by atoms with van der Waals surface area (Å²) in [7, 11) is -1.76. The molecule has 11 heteroatoms. The second-order valence-corrected chi connectivity index (χ2v) is 6.28. The molecule has 25 heavy (non-hydrogen) atoms. The van der Waals surface area contributed by atoms with E-state index in [2.05, 4.69) is 30.1 Å². The number of nitrogens with zero attached hydrogens (tertiary/aromatic N) is 2. The number of esters is 2. The van der Waals surface area contributed by atoms with Gasteiger partial charge in [-0.15, -0.1) is 0 Å². The SMILES string of the molecule is COC(=O)C=C1C=CN=C(S(=O)(=O)C2=NC=CC(=CC(=O)OC)N2)N1. The van der Waals surface area contributed by atoms with Crippen molar-refractivity contribution in [2.45, 2.75) is 0 Å². The van der Waals surface area contributed by atoms with E-state index in [0.717, 1.165) is 12.2 Å². The number of ether oxygens (including phenoxy) is 2. The first-order valence-corrected chi connectivity index (χ1v) is 8.22. The van der Waals surface area contributed by atoms with Crippen molar-refractivity contribution < 1.29 is 27.5 Å². The normalized spacial score (nSPS) is 19.6. The maximum atomic E-state index is 12.6. The van der Waals surface area contributed by atoms with Gasteiger partial charge in [-0.3, -0.25) is 0 Å². The first-order chi connectivity index (χ1) is 11.9. The highest BCUT2D eigenvalue weighted by molar-refractivity contribution is 8.19. The Morgan fingerprint density at radius 2 is 1.32 bits per heavy atom. The molecule has 0 aromatic rings. The Bertz CT molecular complexity index is 811. The van der Waals surface area contributed by atoms with Gasteiger partial charge in [-0.25, -0.2) is 28.0 Å². The fourth-order valence-corrected chi connectivity index (χ4v) is 2.76. The summed E-state index contributed by atoms with van der Waals surface area (Å²) in [5.41, 5.74) is 0.357. The van der Waals surface area contributed by atoms with E-state index in [1.54, 1.807) is 0 Å². The van der Waals surface area contributed by atoms with Gasteiger partial charge in [-0.05, 0) is 12.2 Å². The van der Waals surface area contributed by atoms with Crippen LogP contribution in [-0.2, 0) is 28.9 Å². The molecule has 0 spiro atoms. The molecule has 0 unspecified atom stereocenters. The zero-order valence-electron chi connectivity index (χ0n) is 13.2. The second-order valence-electron chi connectivity index (χ2n) is 4.50. The molecule has 0 amide bonds. The van der Waals surface area contributed by atoms with E-state index in [1.807, 2.05) is 0 Å². The van der Waals surface area contributed by atoms with Gasteiger partial charge < -0.3 is 20.1 Å². The number of rotatable bonds is 2. The van der Waals surface area contributed by atoms with Crippen molar-refractivity contribution in [1.29, 1.82) is 0 Å². The van der Waals surface area contributed by atoms with Crippen LogP contribution in [0.3, 0.4) is 0 Å². The number of amidine groups is 2. The number of aliphatic imine (C=N–C) groups is 2. The molecule has 0 saturated heterocycles. The van der Waals surface area contributed by atoms with Gasteiger partial charge in [0.2, 0.25) is 10.3 Å². The number of carbonyl (C=O) groups excluding carboxylic acids is 2. The smallest absolute Gasteiger partial charge is 0.332 e. The predicted octanol–water partition coefficient (Wildman–Crippen LogP) is -0.539. The van der Waals surface area contributed by atoms with E-state index in [4.69, 9.17) is 0 Å². The molecule has 2 aliphatic rings. The third-order valence-corrected chi connectivity index (χ3v) is 4.29. The van der Waals surface area contributed by atoms with Crippen molar-refractivity contribution in [2.24, 2.45) is 9.98 Å². The molecular formula is C14H14N4O6S. The first kappa shape index (κ1) is 18.1. The van der Waals surface area contributed by atoms with Gasteiger partial charge in [-0.2, -0.15) is 0 Å². The number of sulfone groups is 1. The molecule has 0 aromatic carbocycles. The number of carbonyl (C=O) groups is 2. The summed E-state index contributed by atoms with van der Waals surface area (Å²) in [5, 5.41) is 4.12. The zero-order chi connectivity index (χ0) is 18.4. The lowest BCUT2D eigenvalue weighted by Gasteiger charge is -2.17. The Morgan fingerprint density at radius 1 is 0.920 bits per heavy atom. The molecule has 0 aliphatic carbocycles. The Balaban J connectivity index is 2.25. The summed E-state index contributed by atoms with van der Waals surface area (Å²) in [6, 6.07) is 0. The second kappa shape index (κ2) is 7.57. The summed E-state index contributed by atoms with van der Waals surface area (Å²) >= 11 is 0. The Hall–Kier alpha value is -3.21. The van der Waals surface area contributed by atoms with Crippen molar-refractivity contribution in [1.82, 2.24) is 10.6 Å². The minimum atomic E-state index is -4.15. The molecule has 132 valence electrons. The molecule has 0 atom stereocenters. The molecule has 0 saturated carbocycles. The molecule has 0 fully saturated rings.